The fourth-order valence-corrected chi connectivity index (χ4v) is 1.99. The fourth-order valence-electron chi connectivity index (χ4n) is 1.11. The average Bonchev–Trinajstić information content (AvgIpc) is 2.21. The van der Waals surface area contributed by atoms with E-state index in [9.17, 15) is 4.39 Å². The van der Waals surface area contributed by atoms with Crippen LogP contribution in [0.2, 0.25) is 30.7 Å². The Balaban J connectivity index is 2.25. The summed E-state index contributed by atoms with van der Waals surface area (Å²) in [7, 11) is -1.06. The number of hydrogen-bond donors (Lipinski definition) is 0. The highest BCUT2D eigenvalue weighted by Crippen LogP contribution is 2.20. The minimum atomic E-state index is -1.06. The van der Waals surface area contributed by atoms with Gasteiger partial charge in [0.2, 0.25) is 0 Å². The maximum Gasteiger partial charge on any atom is 0.189 e. The Morgan fingerprint density at radius 2 is 2.00 bits per heavy atom. The molecule has 0 aliphatic carbocycles. The zero-order chi connectivity index (χ0) is 12.9. The number of benzene rings is 1. The predicted molar refractivity (Wildman–Crippen MR) is 71.0 cm³/mol. The van der Waals surface area contributed by atoms with Crippen LogP contribution < -0.4 is 4.74 Å². The summed E-state index contributed by atoms with van der Waals surface area (Å²) < 4.78 is 23.7. The first-order valence-corrected chi connectivity index (χ1v) is 9.62. The van der Waals surface area contributed by atoms with Crippen molar-refractivity contribution in [3.63, 3.8) is 0 Å². The molecule has 0 fully saturated rings. The lowest BCUT2D eigenvalue weighted by molar-refractivity contribution is 0.0219. The molecule has 2 nitrogen and oxygen atoms in total. The van der Waals surface area contributed by atoms with Crippen molar-refractivity contribution in [2.45, 2.75) is 25.7 Å². The molecule has 0 N–H and O–H groups in total. The Labute approximate surface area is 108 Å². The van der Waals surface area contributed by atoms with Crippen LogP contribution in [0.1, 0.15) is 0 Å². The number of rotatable bonds is 6. The monoisotopic (exact) mass is 276 g/mol. The number of ether oxygens (including phenoxy) is 2. The van der Waals surface area contributed by atoms with Gasteiger partial charge in [-0.05, 0) is 18.2 Å². The third-order valence-corrected chi connectivity index (χ3v) is 4.21. The van der Waals surface area contributed by atoms with Crippen LogP contribution in [0.4, 0.5) is 4.39 Å². The Kier molecular flexibility index (Phi) is 5.43. The average molecular weight is 277 g/mol. The molecule has 17 heavy (non-hydrogen) atoms. The van der Waals surface area contributed by atoms with Crippen LogP contribution in [0.5, 0.6) is 5.75 Å². The minimum Gasteiger partial charge on any atom is -0.467 e. The van der Waals surface area contributed by atoms with Crippen molar-refractivity contribution in [1.82, 2.24) is 0 Å². The Bertz CT molecular complexity index is 366. The van der Waals surface area contributed by atoms with Crippen molar-refractivity contribution >= 4 is 19.7 Å². The summed E-state index contributed by atoms with van der Waals surface area (Å²) in [5.41, 5.74) is 0. The molecule has 0 aliphatic rings. The smallest absolute Gasteiger partial charge is 0.189 e. The first-order chi connectivity index (χ1) is 7.88. The van der Waals surface area contributed by atoms with E-state index in [1.807, 2.05) is 0 Å². The van der Waals surface area contributed by atoms with Crippen LogP contribution in [0, 0.1) is 5.82 Å². The zero-order valence-corrected chi connectivity index (χ0v) is 12.2. The summed E-state index contributed by atoms with van der Waals surface area (Å²) >= 11 is 5.56. The van der Waals surface area contributed by atoms with E-state index in [4.69, 9.17) is 21.1 Å². The Hall–Kier alpha value is -0.583. The largest absolute Gasteiger partial charge is 0.467 e. The quantitative estimate of drug-likeness (QED) is 0.441. The summed E-state index contributed by atoms with van der Waals surface area (Å²) in [6, 6.07) is 5.43. The van der Waals surface area contributed by atoms with Crippen molar-refractivity contribution in [2.24, 2.45) is 0 Å². The molecule has 1 aromatic rings. The second-order valence-corrected chi connectivity index (χ2v) is 11.1. The molecule has 0 saturated carbocycles. The van der Waals surface area contributed by atoms with E-state index in [0.29, 0.717) is 12.4 Å². The third-order valence-electron chi connectivity index (χ3n) is 2.20. The van der Waals surface area contributed by atoms with Crippen LogP contribution in [0.3, 0.4) is 0 Å². The van der Waals surface area contributed by atoms with E-state index < -0.39 is 13.9 Å². The minimum absolute atomic E-state index is 0.0944. The fraction of sp³-hybridized carbons (Fsp3) is 0.500. The molecule has 0 saturated heterocycles. The lowest BCUT2D eigenvalue weighted by atomic mass is 10.3. The number of hydrogen-bond acceptors (Lipinski definition) is 2. The summed E-state index contributed by atoms with van der Waals surface area (Å²) in [6.07, 6.45) is 0. The first-order valence-electron chi connectivity index (χ1n) is 5.54. The van der Waals surface area contributed by atoms with Gasteiger partial charge in [0.05, 0.1) is 5.02 Å². The summed E-state index contributed by atoms with van der Waals surface area (Å²) in [5, 5.41) is 0.0944. The van der Waals surface area contributed by atoms with Crippen molar-refractivity contribution < 1.29 is 13.9 Å². The normalized spacial score (nSPS) is 11.6. The zero-order valence-electron chi connectivity index (χ0n) is 10.4. The summed E-state index contributed by atoms with van der Waals surface area (Å²) in [5.74, 6) is -0.0498. The highest BCUT2D eigenvalue weighted by molar-refractivity contribution is 6.76. The van der Waals surface area contributed by atoms with E-state index in [0.717, 1.165) is 6.04 Å². The van der Waals surface area contributed by atoms with Crippen molar-refractivity contribution in [3.05, 3.63) is 29.0 Å². The van der Waals surface area contributed by atoms with Gasteiger partial charge in [-0.1, -0.05) is 31.2 Å². The van der Waals surface area contributed by atoms with Crippen molar-refractivity contribution in [2.75, 3.05) is 13.4 Å². The maximum atomic E-state index is 13.1. The van der Waals surface area contributed by atoms with E-state index in [1.165, 1.54) is 12.1 Å². The van der Waals surface area contributed by atoms with Gasteiger partial charge in [0, 0.05) is 20.7 Å². The molecule has 0 unspecified atom stereocenters. The molecule has 5 heteroatoms. The first kappa shape index (κ1) is 14.5. The van der Waals surface area contributed by atoms with Crippen molar-refractivity contribution in [3.8, 4) is 5.75 Å². The van der Waals surface area contributed by atoms with E-state index in [-0.39, 0.29) is 11.8 Å². The molecular formula is C12H18ClFO2Si. The van der Waals surface area contributed by atoms with Gasteiger partial charge >= 0.3 is 0 Å². The molecule has 0 radical (unpaired) electrons. The van der Waals surface area contributed by atoms with Gasteiger partial charge in [-0.2, -0.15) is 0 Å². The molecule has 96 valence electrons. The van der Waals surface area contributed by atoms with Gasteiger partial charge in [-0.3, -0.25) is 0 Å². The second kappa shape index (κ2) is 6.38. The van der Waals surface area contributed by atoms with Gasteiger partial charge < -0.3 is 9.47 Å². The molecule has 0 atom stereocenters. The summed E-state index contributed by atoms with van der Waals surface area (Å²) in [6.45, 7) is 7.68. The van der Waals surface area contributed by atoms with Crippen molar-refractivity contribution in [1.29, 1.82) is 0 Å². The van der Waals surface area contributed by atoms with E-state index in [2.05, 4.69) is 19.6 Å². The van der Waals surface area contributed by atoms with E-state index in [1.54, 1.807) is 6.07 Å². The second-order valence-electron chi connectivity index (χ2n) is 5.06. The molecule has 0 aromatic heterocycles. The molecule has 0 aliphatic heterocycles. The molecule has 0 amide bonds. The van der Waals surface area contributed by atoms with Gasteiger partial charge in [0.1, 0.15) is 11.6 Å². The van der Waals surface area contributed by atoms with Gasteiger partial charge in [0.25, 0.3) is 0 Å². The molecular weight excluding hydrogens is 259 g/mol. The molecule has 0 heterocycles. The van der Waals surface area contributed by atoms with Crippen LogP contribution in [-0.4, -0.2) is 21.5 Å². The van der Waals surface area contributed by atoms with Crippen LogP contribution >= 0.6 is 11.6 Å². The maximum absolute atomic E-state index is 13.1. The Morgan fingerprint density at radius 3 is 2.59 bits per heavy atom. The van der Waals surface area contributed by atoms with Gasteiger partial charge in [-0.25, -0.2) is 4.39 Å². The standard InChI is InChI=1S/C12H18ClFO2Si/c1-17(2,3)7-6-15-9-16-10-4-5-11(13)12(14)8-10/h4-5,8H,6-7,9H2,1-3H3. The lowest BCUT2D eigenvalue weighted by Crippen LogP contribution is -2.22. The summed E-state index contributed by atoms with van der Waals surface area (Å²) in [4.78, 5) is 0. The third kappa shape index (κ3) is 6.05. The Morgan fingerprint density at radius 1 is 1.29 bits per heavy atom. The topological polar surface area (TPSA) is 18.5 Å². The highest BCUT2D eigenvalue weighted by atomic mass is 35.5. The predicted octanol–water partition coefficient (Wildman–Crippen LogP) is 4.17. The molecule has 1 rings (SSSR count). The SMILES string of the molecule is C[Si](C)(C)CCOCOc1ccc(Cl)c(F)c1. The van der Waals surface area contributed by atoms with Crippen LogP contribution in [-0.2, 0) is 4.74 Å². The van der Waals surface area contributed by atoms with Gasteiger partial charge in [0.15, 0.2) is 6.79 Å². The van der Waals surface area contributed by atoms with E-state index >= 15 is 0 Å². The van der Waals surface area contributed by atoms with Crippen LogP contribution in [0.25, 0.3) is 0 Å². The van der Waals surface area contributed by atoms with Crippen LogP contribution in [0.15, 0.2) is 18.2 Å². The molecule has 1 aromatic carbocycles. The lowest BCUT2D eigenvalue weighted by Gasteiger charge is -2.15. The number of halogens is 2. The highest BCUT2D eigenvalue weighted by Gasteiger charge is 2.11. The van der Waals surface area contributed by atoms with Gasteiger partial charge in [-0.15, -0.1) is 0 Å². The molecule has 0 bridgehead atoms. The molecule has 0 spiro atoms.